The van der Waals surface area contributed by atoms with Crippen LogP contribution < -0.4 is 0 Å². The summed E-state index contributed by atoms with van der Waals surface area (Å²) in [6, 6.07) is -1.11. The van der Waals surface area contributed by atoms with E-state index in [1.165, 1.54) is 7.11 Å². The second-order valence-corrected chi connectivity index (χ2v) is 9.56. The number of nitrogens with zero attached hydrogens (tertiary/aromatic N) is 1. The zero-order chi connectivity index (χ0) is 22.8. The summed E-state index contributed by atoms with van der Waals surface area (Å²) in [6.45, 7) is 14.3. The molecule has 170 valence electrons. The Balaban J connectivity index is 5.63. The Morgan fingerprint density at radius 2 is 1.34 bits per heavy atom. The SMILES string of the molecule is CCCCCCC(C)C[C@@H](C(=O)OC)N(C(=O)OC(C)(C)C)C(=O)OC(C)(C)C. The van der Waals surface area contributed by atoms with Gasteiger partial charge in [0.2, 0.25) is 0 Å². The molecule has 2 amide bonds. The third-order valence-corrected chi connectivity index (χ3v) is 4.14. The normalized spacial score (nSPS) is 14.0. The van der Waals surface area contributed by atoms with Crippen LogP contribution in [0.4, 0.5) is 9.59 Å². The number of hydrogen-bond acceptors (Lipinski definition) is 6. The summed E-state index contributed by atoms with van der Waals surface area (Å²) in [4.78, 5) is 38.9. The first kappa shape index (κ1) is 27.2. The molecular formula is C22H41NO6. The molecule has 0 N–H and O–H groups in total. The zero-order valence-corrected chi connectivity index (χ0v) is 19.8. The molecule has 0 heterocycles. The monoisotopic (exact) mass is 415 g/mol. The highest BCUT2D eigenvalue weighted by Crippen LogP contribution is 2.23. The van der Waals surface area contributed by atoms with Crippen LogP contribution in [0.1, 0.15) is 93.9 Å². The van der Waals surface area contributed by atoms with Gasteiger partial charge >= 0.3 is 18.2 Å². The lowest BCUT2D eigenvalue weighted by Crippen LogP contribution is -2.52. The van der Waals surface area contributed by atoms with Crippen molar-refractivity contribution in [1.29, 1.82) is 0 Å². The third-order valence-electron chi connectivity index (χ3n) is 4.14. The molecule has 29 heavy (non-hydrogen) atoms. The first-order chi connectivity index (χ1) is 13.2. The van der Waals surface area contributed by atoms with Crippen LogP contribution in [0.5, 0.6) is 0 Å². The topological polar surface area (TPSA) is 82.1 Å². The lowest BCUT2D eigenvalue weighted by molar-refractivity contribution is -0.147. The minimum Gasteiger partial charge on any atom is -0.467 e. The van der Waals surface area contributed by atoms with E-state index < -0.39 is 35.4 Å². The molecular weight excluding hydrogens is 374 g/mol. The standard InChI is InChI=1S/C22H41NO6/c1-10-11-12-13-14-16(2)15-17(18(24)27-9)23(19(25)28-21(3,4)5)20(26)29-22(6,7)8/h16-17H,10-15H2,1-9H3/t16?,17-/m0/s1. The lowest BCUT2D eigenvalue weighted by Gasteiger charge is -2.33. The average molecular weight is 416 g/mol. The molecule has 0 aliphatic heterocycles. The van der Waals surface area contributed by atoms with Gasteiger partial charge in [-0.3, -0.25) is 0 Å². The predicted molar refractivity (Wildman–Crippen MR) is 113 cm³/mol. The zero-order valence-electron chi connectivity index (χ0n) is 19.8. The van der Waals surface area contributed by atoms with Gasteiger partial charge in [-0.2, -0.15) is 4.90 Å². The maximum absolute atomic E-state index is 12.8. The van der Waals surface area contributed by atoms with Gasteiger partial charge in [0.25, 0.3) is 0 Å². The van der Waals surface area contributed by atoms with Crippen LogP contribution in [0, 0.1) is 5.92 Å². The van der Waals surface area contributed by atoms with E-state index in [9.17, 15) is 14.4 Å². The van der Waals surface area contributed by atoms with Gasteiger partial charge in [0.05, 0.1) is 7.11 Å². The van der Waals surface area contributed by atoms with Crippen LogP contribution in [0.25, 0.3) is 0 Å². The van der Waals surface area contributed by atoms with Crippen molar-refractivity contribution >= 4 is 18.2 Å². The van der Waals surface area contributed by atoms with Crippen molar-refractivity contribution < 1.29 is 28.6 Å². The van der Waals surface area contributed by atoms with Crippen molar-refractivity contribution in [3.8, 4) is 0 Å². The van der Waals surface area contributed by atoms with Crippen LogP contribution in [-0.2, 0) is 19.0 Å². The number of carbonyl (C=O) groups is 3. The minimum absolute atomic E-state index is 0.114. The Hall–Kier alpha value is -1.79. The van der Waals surface area contributed by atoms with Crippen molar-refractivity contribution in [2.45, 2.75) is 111 Å². The van der Waals surface area contributed by atoms with Gasteiger partial charge in [0.1, 0.15) is 17.2 Å². The molecule has 0 saturated carbocycles. The van der Waals surface area contributed by atoms with Gasteiger partial charge in [-0.05, 0) is 53.9 Å². The maximum Gasteiger partial charge on any atom is 0.420 e. The van der Waals surface area contributed by atoms with Crippen LogP contribution in [0.2, 0.25) is 0 Å². The van der Waals surface area contributed by atoms with Crippen molar-refractivity contribution in [1.82, 2.24) is 4.90 Å². The van der Waals surface area contributed by atoms with E-state index in [0.717, 1.165) is 37.0 Å². The first-order valence-electron chi connectivity index (χ1n) is 10.5. The molecule has 7 nitrogen and oxygen atoms in total. The van der Waals surface area contributed by atoms with Crippen LogP contribution >= 0.6 is 0 Å². The predicted octanol–water partition coefficient (Wildman–Crippen LogP) is 5.70. The molecule has 7 heteroatoms. The van der Waals surface area contributed by atoms with Crippen LogP contribution in [-0.4, -0.2) is 47.4 Å². The highest BCUT2D eigenvalue weighted by atomic mass is 16.6. The third kappa shape index (κ3) is 11.7. The van der Waals surface area contributed by atoms with E-state index in [1.807, 2.05) is 6.92 Å². The summed E-state index contributed by atoms with van der Waals surface area (Å²) < 4.78 is 15.7. The van der Waals surface area contributed by atoms with Crippen molar-refractivity contribution in [3.63, 3.8) is 0 Å². The fourth-order valence-electron chi connectivity index (χ4n) is 2.81. The highest BCUT2D eigenvalue weighted by Gasteiger charge is 2.41. The lowest BCUT2D eigenvalue weighted by atomic mass is 9.95. The quantitative estimate of drug-likeness (QED) is 0.273. The van der Waals surface area contributed by atoms with E-state index in [4.69, 9.17) is 14.2 Å². The minimum atomic E-state index is -1.11. The van der Waals surface area contributed by atoms with Crippen molar-refractivity contribution in [2.75, 3.05) is 7.11 Å². The number of ether oxygens (including phenoxy) is 3. The molecule has 0 aromatic rings. The molecule has 1 unspecified atom stereocenters. The number of hydrogen-bond donors (Lipinski definition) is 0. The largest absolute Gasteiger partial charge is 0.467 e. The first-order valence-corrected chi connectivity index (χ1v) is 10.5. The molecule has 0 aliphatic rings. The van der Waals surface area contributed by atoms with Gasteiger partial charge in [0.15, 0.2) is 0 Å². The Labute approximate surface area is 176 Å². The van der Waals surface area contributed by atoms with E-state index in [0.29, 0.717) is 0 Å². The molecule has 0 saturated heterocycles. The molecule has 0 aromatic heterocycles. The Morgan fingerprint density at radius 3 is 1.72 bits per heavy atom. The summed E-state index contributed by atoms with van der Waals surface area (Å²) >= 11 is 0. The second-order valence-electron chi connectivity index (χ2n) is 9.56. The molecule has 0 rings (SSSR count). The molecule has 0 bridgehead atoms. The van der Waals surface area contributed by atoms with Crippen molar-refractivity contribution in [3.05, 3.63) is 0 Å². The van der Waals surface area contributed by atoms with E-state index >= 15 is 0 Å². The Bertz CT molecular complexity index is 504. The second kappa shape index (κ2) is 12.0. The molecule has 2 atom stereocenters. The van der Waals surface area contributed by atoms with Gasteiger partial charge < -0.3 is 14.2 Å². The number of rotatable bonds is 9. The van der Waals surface area contributed by atoms with E-state index in [1.54, 1.807) is 41.5 Å². The van der Waals surface area contributed by atoms with Gasteiger partial charge in [-0.25, -0.2) is 14.4 Å². The fraction of sp³-hybridized carbons (Fsp3) is 0.864. The molecule has 0 aliphatic carbocycles. The summed E-state index contributed by atoms with van der Waals surface area (Å²) in [5.74, 6) is -0.551. The Morgan fingerprint density at radius 1 is 0.862 bits per heavy atom. The average Bonchev–Trinajstić information content (AvgIpc) is 2.54. The number of imide groups is 1. The Kier molecular flexibility index (Phi) is 11.3. The smallest absolute Gasteiger partial charge is 0.420 e. The summed E-state index contributed by atoms with van der Waals surface area (Å²) in [7, 11) is 1.24. The summed E-state index contributed by atoms with van der Waals surface area (Å²) in [5, 5.41) is 0. The molecule has 0 radical (unpaired) electrons. The van der Waals surface area contributed by atoms with E-state index in [-0.39, 0.29) is 12.3 Å². The number of methoxy groups -OCH3 is 1. The highest BCUT2D eigenvalue weighted by molar-refractivity contribution is 5.94. The number of esters is 1. The van der Waals surface area contributed by atoms with Gasteiger partial charge in [0, 0.05) is 0 Å². The van der Waals surface area contributed by atoms with Crippen molar-refractivity contribution in [2.24, 2.45) is 5.92 Å². The van der Waals surface area contributed by atoms with Crippen LogP contribution in [0.15, 0.2) is 0 Å². The molecule has 0 fully saturated rings. The molecule has 0 aromatic carbocycles. The van der Waals surface area contributed by atoms with E-state index in [2.05, 4.69) is 6.92 Å². The number of unbranched alkanes of at least 4 members (excludes halogenated alkanes) is 3. The van der Waals surface area contributed by atoms with Gasteiger partial charge in [-0.1, -0.05) is 46.0 Å². The summed E-state index contributed by atoms with van der Waals surface area (Å²) in [5.41, 5.74) is -1.66. The number of amides is 2. The number of carbonyl (C=O) groups excluding carboxylic acids is 3. The maximum atomic E-state index is 12.8. The van der Waals surface area contributed by atoms with Gasteiger partial charge in [-0.15, -0.1) is 0 Å². The summed E-state index contributed by atoms with van der Waals surface area (Å²) in [6.07, 6.45) is 3.80. The molecule has 0 spiro atoms. The van der Waals surface area contributed by atoms with Crippen LogP contribution in [0.3, 0.4) is 0 Å². The fourth-order valence-corrected chi connectivity index (χ4v) is 2.81.